The third-order valence-corrected chi connectivity index (χ3v) is 25.7. The minimum Gasteiger partial charge on any atom is -0.462 e. The van der Waals surface area contributed by atoms with Gasteiger partial charge in [-0.05, 0) is 269 Å². The van der Waals surface area contributed by atoms with Crippen molar-refractivity contribution in [3.63, 3.8) is 0 Å². The molecule has 3 aromatic heterocycles. The van der Waals surface area contributed by atoms with E-state index in [-0.39, 0.29) is 108 Å². The molecule has 3 saturated heterocycles. The zero-order valence-electron chi connectivity index (χ0n) is 64.4. The van der Waals surface area contributed by atoms with Gasteiger partial charge < -0.3 is 40.2 Å². The summed E-state index contributed by atoms with van der Waals surface area (Å²) in [4.78, 5) is 65.5. The number of halogens is 9. The molecule has 6 saturated carbocycles. The van der Waals surface area contributed by atoms with Gasteiger partial charge in [0.1, 0.15) is 18.3 Å². The smallest absolute Gasteiger partial charge is 0.416 e. The lowest BCUT2D eigenvalue weighted by Gasteiger charge is -2.48. The van der Waals surface area contributed by atoms with E-state index in [0.29, 0.717) is 87.4 Å². The monoisotopic (exact) mass is 1560 g/mol. The van der Waals surface area contributed by atoms with Crippen molar-refractivity contribution in [2.45, 2.75) is 160 Å². The molecule has 0 unspecified atom stereocenters. The standard InChI is InChI=1S/C31H35F3N2O4.2C28H31F3N2O2.CH5N/c1-4-39-30(38)36(3)24-11-13-25-21(15-24)16-27-28(18(2)40-29(27)37)26(25)12-10-23-9-8-20(17-35-23)19-6-5-7-22(14-19)31(32,33)34;2*1-16-26-24(23-10-9-22(32-2)13-19(23)14-25(26)27(34)35-16)11-8-21-7-6-18(15-33-21)17-4-3-5-20(12-17)28(29,30)31;1-2/h5-10,12,14,17-18,21,24-28H,4,11,13,15-16H2,1-3H3;2*3-8,11-12,15-16,19,22-26,32H,9-10,13-14H2,1-2H3;2H2,1H3/b12-10+;2*11-8+;/t18-,21+,24-,25-,26+,27-,28+;16-,19+,22+,23-,24+,25-,26+;16-,19+,22-,23-,24+,25-,26+;/m111./s1. The molecule has 6 heterocycles. The van der Waals surface area contributed by atoms with E-state index < -0.39 is 35.2 Å². The minimum atomic E-state index is -4.41. The van der Waals surface area contributed by atoms with Crippen molar-refractivity contribution in [2.75, 3.05) is 34.8 Å². The van der Waals surface area contributed by atoms with Crippen molar-refractivity contribution >= 4 is 42.2 Å². The Hall–Kier alpha value is -8.74. The molecule has 6 aliphatic carbocycles. The van der Waals surface area contributed by atoms with Crippen molar-refractivity contribution in [3.8, 4) is 33.4 Å². The van der Waals surface area contributed by atoms with Crippen LogP contribution in [0, 0.1) is 88.8 Å². The Labute approximate surface area is 649 Å². The Balaban J connectivity index is 0.000000155. The number of alkyl halides is 9. The number of ether oxygens (including phenoxy) is 4. The highest BCUT2D eigenvalue weighted by Gasteiger charge is 2.58. The fourth-order valence-electron chi connectivity index (χ4n) is 20.4. The van der Waals surface area contributed by atoms with Crippen molar-refractivity contribution in [3.05, 3.63) is 180 Å². The molecule has 9 aliphatic rings. The number of pyridine rings is 3. The predicted molar refractivity (Wildman–Crippen MR) is 410 cm³/mol. The number of hydrogen-bond acceptors (Lipinski definition) is 14. The first-order valence-electron chi connectivity index (χ1n) is 39.4. The van der Waals surface area contributed by atoms with Gasteiger partial charge in [-0.3, -0.25) is 29.3 Å². The Morgan fingerprint density at radius 3 is 1.09 bits per heavy atom. The van der Waals surface area contributed by atoms with Gasteiger partial charge in [0.15, 0.2) is 0 Å². The molecule has 3 aliphatic heterocycles. The zero-order chi connectivity index (χ0) is 80.1. The molecule has 4 N–H and O–H groups in total. The van der Waals surface area contributed by atoms with Crippen LogP contribution in [0.2, 0.25) is 0 Å². The summed E-state index contributed by atoms with van der Waals surface area (Å²) in [7, 11) is 7.30. The number of carbonyl (C=O) groups excluding carboxylic acids is 4. The number of nitrogens with two attached hydrogens (primary N) is 1. The summed E-state index contributed by atoms with van der Waals surface area (Å²) in [5, 5.41) is 6.83. The molecule has 600 valence electrons. The van der Waals surface area contributed by atoms with Crippen LogP contribution in [0.3, 0.4) is 0 Å². The van der Waals surface area contributed by atoms with Gasteiger partial charge >= 0.3 is 42.5 Å². The van der Waals surface area contributed by atoms with E-state index >= 15 is 0 Å². The fourth-order valence-corrected chi connectivity index (χ4v) is 20.4. The van der Waals surface area contributed by atoms with E-state index in [1.807, 2.05) is 65.2 Å². The Morgan fingerprint density at radius 1 is 0.473 bits per heavy atom. The highest BCUT2D eigenvalue weighted by atomic mass is 19.4. The molecule has 0 spiro atoms. The van der Waals surface area contributed by atoms with Crippen LogP contribution < -0.4 is 16.4 Å². The molecule has 112 heavy (non-hydrogen) atoms. The van der Waals surface area contributed by atoms with Crippen LogP contribution in [0.4, 0.5) is 44.3 Å². The highest BCUT2D eigenvalue weighted by molar-refractivity contribution is 5.77. The number of allylic oxidation sites excluding steroid dienone is 3. The molecule has 6 aromatic rings. The number of fused-ring (bicyclic) bond motifs is 6. The van der Waals surface area contributed by atoms with Crippen molar-refractivity contribution in [2.24, 2.45) is 94.5 Å². The number of carbonyl (C=O) groups is 4. The second-order valence-electron chi connectivity index (χ2n) is 31.8. The van der Waals surface area contributed by atoms with Crippen LogP contribution in [0.15, 0.2) is 146 Å². The zero-order valence-corrected chi connectivity index (χ0v) is 64.4. The topological polar surface area (TPSA) is 197 Å². The number of benzene rings is 3. The van der Waals surface area contributed by atoms with Crippen molar-refractivity contribution in [1.82, 2.24) is 30.5 Å². The second kappa shape index (κ2) is 35.3. The van der Waals surface area contributed by atoms with E-state index in [9.17, 15) is 58.7 Å². The third-order valence-electron chi connectivity index (χ3n) is 25.7. The van der Waals surface area contributed by atoms with E-state index in [1.54, 1.807) is 79.9 Å². The van der Waals surface area contributed by atoms with Crippen LogP contribution >= 0.6 is 0 Å². The Kier molecular flexibility index (Phi) is 26.1. The lowest BCUT2D eigenvalue weighted by molar-refractivity contribution is -0.145. The maximum Gasteiger partial charge on any atom is 0.416 e. The molecule has 24 heteroatoms. The van der Waals surface area contributed by atoms with E-state index in [2.05, 4.69) is 49.5 Å². The molecule has 1 amide bonds. The Morgan fingerprint density at radius 2 is 0.795 bits per heavy atom. The maximum atomic E-state index is 13.1. The molecule has 15 nitrogen and oxygen atoms in total. The van der Waals surface area contributed by atoms with Crippen LogP contribution in [-0.4, -0.2) is 115 Å². The van der Waals surface area contributed by atoms with Crippen molar-refractivity contribution < 1.29 is 77.6 Å². The first-order valence-corrected chi connectivity index (χ1v) is 39.4. The summed E-state index contributed by atoms with van der Waals surface area (Å²) >= 11 is 0. The average Bonchev–Trinajstić information content (AvgIpc) is 1.62. The van der Waals surface area contributed by atoms with Gasteiger partial charge in [0.2, 0.25) is 0 Å². The quantitative estimate of drug-likeness (QED) is 0.0561. The molecule has 3 aromatic carbocycles. The second-order valence-corrected chi connectivity index (χ2v) is 31.8. The lowest BCUT2D eigenvalue weighted by Crippen LogP contribution is -2.48. The maximum absolute atomic E-state index is 13.1. The molecule has 21 atom stereocenters. The van der Waals surface area contributed by atoms with Crippen LogP contribution in [0.25, 0.3) is 51.6 Å². The fraction of sp³-hybridized carbons (Fsp3) is 0.511. The van der Waals surface area contributed by atoms with E-state index in [4.69, 9.17) is 18.9 Å². The molecule has 15 rings (SSSR count). The number of aromatic nitrogens is 3. The van der Waals surface area contributed by atoms with Crippen LogP contribution in [0.1, 0.15) is 139 Å². The first-order chi connectivity index (χ1) is 53.5. The van der Waals surface area contributed by atoms with Crippen molar-refractivity contribution in [1.29, 1.82) is 0 Å². The first kappa shape index (κ1) is 82.7. The van der Waals surface area contributed by atoms with Gasteiger partial charge in [0, 0.05) is 78.2 Å². The summed E-state index contributed by atoms with van der Waals surface area (Å²) in [5.74, 6) is 3.13. The molecule has 9 fully saturated rings. The number of nitrogens with one attached hydrogen (secondary N) is 2. The van der Waals surface area contributed by atoms with Gasteiger partial charge in [0.25, 0.3) is 0 Å². The molecular formula is C88H102F9N7O8. The predicted octanol–water partition coefficient (Wildman–Crippen LogP) is 18.4. The van der Waals surface area contributed by atoms with Gasteiger partial charge in [-0.15, -0.1) is 0 Å². The number of cyclic esters (lactones) is 3. The summed E-state index contributed by atoms with van der Waals surface area (Å²) in [6.45, 7) is 8.10. The SMILES string of the molecule is CCOC(=O)N(C)[C@@H]1CC[C@@H]2[C@@H](C1)C[C@H]1C(=O)O[C@H](C)[C@H]1[C@H]2/C=C/c1ccc(-c2cccc(C(F)(F)F)c2)cn1.CN.CN[C@@H]1CC[C@@H]2[C@@H](C1)C[C@H]1C(=O)O[C@H](C)[C@H]1[C@H]2/C=C/c1ccc(-c2cccc(C(F)(F)F)c2)cn1.CN[C@H]1CC[C@@H]2[C@@H](C1)C[C@H]1C(=O)O[C@H](C)[C@H]1[C@H]2/C=C/c1ccc(-c2cccc(C(F)(F)F)c2)cn1. The van der Waals surface area contributed by atoms with E-state index in [0.717, 1.165) is 125 Å². The summed E-state index contributed by atoms with van der Waals surface area (Å²) in [5.41, 5.74) is 7.97. The normalized spacial score (nSPS) is 31.3. The van der Waals surface area contributed by atoms with Crippen LogP contribution in [0.5, 0.6) is 0 Å². The number of hydrogen-bond donors (Lipinski definition) is 3. The summed E-state index contributed by atoms with van der Waals surface area (Å²) in [6, 6.07) is 27.7. The number of esters is 3. The summed E-state index contributed by atoms with van der Waals surface area (Å²) < 4.78 is 140. The Bertz CT molecular complexity index is 4150. The number of rotatable bonds is 13. The molecule has 0 radical (unpaired) electrons. The van der Waals surface area contributed by atoms with Gasteiger partial charge in [-0.2, -0.15) is 39.5 Å². The lowest BCUT2D eigenvalue weighted by atomic mass is 9.56. The third kappa shape index (κ3) is 18.5. The molecule has 0 bridgehead atoms. The van der Waals surface area contributed by atoms with Gasteiger partial charge in [0.05, 0.1) is 58.1 Å². The van der Waals surface area contributed by atoms with E-state index in [1.165, 1.54) is 25.2 Å². The largest absolute Gasteiger partial charge is 0.462 e. The summed E-state index contributed by atoms with van der Waals surface area (Å²) in [6.07, 6.45) is 15.4. The van der Waals surface area contributed by atoms with Crippen LogP contribution in [-0.2, 0) is 51.9 Å². The number of amides is 1. The van der Waals surface area contributed by atoms with Gasteiger partial charge in [-0.1, -0.05) is 72.8 Å². The molecular weight excluding hydrogens is 1450 g/mol. The minimum absolute atomic E-state index is 0.0484. The highest BCUT2D eigenvalue weighted by Crippen LogP contribution is 2.57. The average molecular weight is 1560 g/mol. The van der Waals surface area contributed by atoms with Gasteiger partial charge in [-0.25, -0.2) is 4.79 Å². The number of nitrogens with zero attached hydrogens (tertiary/aromatic N) is 4.